The Labute approximate surface area is 156 Å². The van der Waals surface area contributed by atoms with Crippen LogP contribution in [0.5, 0.6) is 5.75 Å². The van der Waals surface area contributed by atoms with Crippen molar-refractivity contribution in [2.24, 2.45) is 0 Å². The van der Waals surface area contributed by atoms with Gasteiger partial charge in [-0.05, 0) is 62.4 Å². The summed E-state index contributed by atoms with van der Waals surface area (Å²) < 4.78 is 10.1. The van der Waals surface area contributed by atoms with Crippen LogP contribution in [0.2, 0.25) is 0 Å². The Hall–Kier alpha value is -3.48. The Balaban J connectivity index is 1.73. The number of amides is 1. The SMILES string of the molecule is CC(=O)c1ccc(NC(=O)COC(=O)COc2ccc(C(C)=O)cc2)cc1. The van der Waals surface area contributed by atoms with Crippen molar-refractivity contribution in [3.63, 3.8) is 0 Å². The summed E-state index contributed by atoms with van der Waals surface area (Å²) in [5.41, 5.74) is 1.56. The van der Waals surface area contributed by atoms with Crippen LogP contribution in [0.3, 0.4) is 0 Å². The molecule has 0 heterocycles. The number of nitrogens with one attached hydrogen (secondary N) is 1. The lowest BCUT2D eigenvalue weighted by atomic mass is 10.1. The van der Waals surface area contributed by atoms with Gasteiger partial charge in [0.15, 0.2) is 24.8 Å². The Morgan fingerprint density at radius 3 is 1.81 bits per heavy atom. The fourth-order valence-electron chi connectivity index (χ4n) is 2.10. The highest BCUT2D eigenvalue weighted by molar-refractivity contribution is 5.96. The number of benzene rings is 2. The zero-order chi connectivity index (χ0) is 19.8. The molecule has 140 valence electrons. The first-order valence-electron chi connectivity index (χ1n) is 8.15. The average Bonchev–Trinajstić information content (AvgIpc) is 2.65. The molecule has 1 N–H and O–H groups in total. The van der Waals surface area contributed by atoms with Gasteiger partial charge in [-0.15, -0.1) is 0 Å². The van der Waals surface area contributed by atoms with Crippen LogP contribution in [-0.2, 0) is 14.3 Å². The van der Waals surface area contributed by atoms with Crippen molar-refractivity contribution in [3.8, 4) is 5.75 Å². The van der Waals surface area contributed by atoms with E-state index in [2.05, 4.69) is 5.32 Å². The van der Waals surface area contributed by atoms with Crippen molar-refractivity contribution in [3.05, 3.63) is 59.7 Å². The predicted octanol–water partition coefficient (Wildman–Crippen LogP) is 2.65. The van der Waals surface area contributed by atoms with Crippen molar-refractivity contribution in [2.45, 2.75) is 13.8 Å². The summed E-state index contributed by atoms with van der Waals surface area (Å²) in [6, 6.07) is 12.7. The molecule has 27 heavy (non-hydrogen) atoms. The van der Waals surface area contributed by atoms with Crippen LogP contribution in [0.25, 0.3) is 0 Å². The number of hydrogen-bond acceptors (Lipinski definition) is 6. The van der Waals surface area contributed by atoms with Crippen LogP contribution in [0.4, 0.5) is 5.69 Å². The molecule has 0 aromatic heterocycles. The van der Waals surface area contributed by atoms with Gasteiger partial charge in [-0.25, -0.2) is 4.79 Å². The lowest BCUT2D eigenvalue weighted by molar-refractivity contribution is -0.149. The normalized spacial score (nSPS) is 10.0. The number of carbonyl (C=O) groups excluding carboxylic acids is 4. The zero-order valence-corrected chi connectivity index (χ0v) is 15.0. The van der Waals surface area contributed by atoms with E-state index in [-0.39, 0.29) is 18.2 Å². The third kappa shape index (κ3) is 6.39. The molecule has 1 amide bonds. The maximum absolute atomic E-state index is 11.8. The first-order chi connectivity index (χ1) is 12.8. The quantitative estimate of drug-likeness (QED) is 0.567. The lowest BCUT2D eigenvalue weighted by Gasteiger charge is -2.08. The van der Waals surface area contributed by atoms with E-state index in [1.165, 1.54) is 13.8 Å². The number of esters is 1. The summed E-state index contributed by atoms with van der Waals surface area (Å²) in [5, 5.41) is 2.55. The van der Waals surface area contributed by atoms with E-state index in [4.69, 9.17) is 9.47 Å². The van der Waals surface area contributed by atoms with E-state index in [1.54, 1.807) is 48.5 Å². The average molecular weight is 369 g/mol. The van der Waals surface area contributed by atoms with Gasteiger partial charge in [0.05, 0.1) is 0 Å². The molecule has 2 aromatic rings. The van der Waals surface area contributed by atoms with Gasteiger partial charge in [0, 0.05) is 16.8 Å². The fraction of sp³-hybridized carbons (Fsp3) is 0.200. The first-order valence-corrected chi connectivity index (χ1v) is 8.15. The van der Waals surface area contributed by atoms with Crippen molar-refractivity contribution in [1.29, 1.82) is 0 Å². The highest BCUT2D eigenvalue weighted by Crippen LogP contribution is 2.13. The van der Waals surface area contributed by atoms with Crippen LogP contribution >= 0.6 is 0 Å². The molecule has 0 aliphatic carbocycles. The smallest absolute Gasteiger partial charge is 0.344 e. The molecule has 2 rings (SSSR count). The van der Waals surface area contributed by atoms with Gasteiger partial charge in [-0.3, -0.25) is 14.4 Å². The van der Waals surface area contributed by atoms with Crippen molar-refractivity contribution in [1.82, 2.24) is 0 Å². The topological polar surface area (TPSA) is 98.8 Å². The predicted molar refractivity (Wildman–Crippen MR) is 98.0 cm³/mol. The third-order valence-corrected chi connectivity index (χ3v) is 3.56. The molecule has 0 unspecified atom stereocenters. The van der Waals surface area contributed by atoms with Crippen molar-refractivity contribution < 1.29 is 28.7 Å². The van der Waals surface area contributed by atoms with Gasteiger partial charge in [-0.1, -0.05) is 0 Å². The second-order valence-corrected chi connectivity index (χ2v) is 5.71. The van der Waals surface area contributed by atoms with E-state index >= 15 is 0 Å². The highest BCUT2D eigenvalue weighted by Gasteiger charge is 2.09. The minimum atomic E-state index is -0.701. The summed E-state index contributed by atoms with van der Waals surface area (Å²) in [6.45, 7) is 2.09. The Morgan fingerprint density at radius 2 is 1.30 bits per heavy atom. The molecule has 0 aliphatic heterocycles. The summed E-state index contributed by atoms with van der Waals surface area (Å²) in [7, 11) is 0. The number of anilines is 1. The van der Waals surface area contributed by atoms with E-state index in [9.17, 15) is 19.2 Å². The number of ether oxygens (including phenoxy) is 2. The number of hydrogen-bond donors (Lipinski definition) is 1. The summed E-state index contributed by atoms with van der Waals surface area (Å²) >= 11 is 0. The van der Waals surface area contributed by atoms with Crippen LogP contribution in [-0.4, -0.2) is 36.7 Å². The maximum Gasteiger partial charge on any atom is 0.344 e. The Kier molecular flexibility index (Phi) is 6.82. The molecule has 0 saturated heterocycles. The van der Waals surface area contributed by atoms with Crippen molar-refractivity contribution >= 4 is 29.1 Å². The maximum atomic E-state index is 11.8. The second-order valence-electron chi connectivity index (χ2n) is 5.71. The molecule has 0 atom stereocenters. The molecule has 2 aromatic carbocycles. The fourth-order valence-corrected chi connectivity index (χ4v) is 2.10. The van der Waals surface area contributed by atoms with Crippen LogP contribution in [0, 0.1) is 0 Å². The number of ketones is 2. The molecule has 0 radical (unpaired) electrons. The van der Waals surface area contributed by atoms with Gasteiger partial charge in [0.2, 0.25) is 0 Å². The lowest BCUT2D eigenvalue weighted by Crippen LogP contribution is -2.23. The molecule has 0 spiro atoms. The number of Topliss-reactive ketones (excluding diaryl/α,β-unsaturated/α-hetero) is 2. The molecule has 7 heteroatoms. The highest BCUT2D eigenvalue weighted by atomic mass is 16.6. The van der Waals surface area contributed by atoms with Gasteiger partial charge >= 0.3 is 5.97 Å². The summed E-state index contributed by atoms with van der Waals surface area (Å²) in [4.78, 5) is 45.8. The molecule has 0 fully saturated rings. The molecule has 7 nitrogen and oxygen atoms in total. The van der Waals surface area contributed by atoms with Crippen LogP contribution in [0.1, 0.15) is 34.6 Å². The second kappa shape index (κ2) is 9.28. The minimum absolute atomic E-state index is 0.0668. The number of rotatable bonds is 8. The largest absolute Gasteiger partial charge is 0.482 e. The molecule has 0 saturated carbocycles. The molecular weight excluding hydrogens is 350 g/mol. The van der Waals surface area contributed by atoms with Gasteiger partial charge in [-0.2, -0.15) is 0 Å². The standard InChI is InChI=1S/C20H19NO6/c1-13(22)15-3-7-17(8-4-15)21-19(24)11-27-20(25)12-26-18-9-5-16(6-10-18)14(2)23/h3-10H,11-12H2,1-2H3,(H,21,24). The zero-order valence-electron chi connectivity index (χ0n) is 15.0. The summed E-state index contributed by atoms with van der Waals surface area (Å²) in [6.07, 6.45) is 0. The first kappa shape index (κ1) is 19.8. The molecule has 0 bridgehead atoms. The minimum Gasteiger partial charge on any atom is -0.482 e. The van der Waals surface area contributed by atoms with Gasteiger partial charge in [0.25, 0.3) is 5.91 Å². The van der Waals surface area contributed by atoms with Gasteiger partial charge < -0.3 is 14.8 Å². The molecule has 0 aliphatic rings. The summed E-state index contributed by atoms with van der Waals surface area (Å²) in [5.74, 6) is -0.940. The monoisotopic (exact) mass is 369 g/mol. The van der Waals surface area contributed by atoms with E-state index in [0.29, 0.717) is 22.6 Å². The Morgan fingerprint density at radius 1 is 0.778 bits per heavy atom. The van der Waals surface area contributed by atoms with E-state index < -0.39 is 18.5 Å². The third-order valence-electron chi connectivity index (χ3n) is 3.56. The number of carbonyl (C=O) groups is 4. The van der Waals surface area contributed by atoms with E-state index in [1.807, 2.05) is 0 Å². The van der Waals surface area contributed by atoms with Crippen LogP contribution < -0.4 is 10.1 Å². The van der Waals surface area contributed by atoms with Crippen LogP contribution in [0.15, 0.2) is 48.5 Å². The van der Waals surface area contributed by atoms with E-state index in [0.717, 1.165) is 0 Å². The Bertz CT molecular complexity index is 840. The van der Waals surface area contributed by atoms with Crippen molar-refractivity contribution in [2.75, 3.05) is 18.5 Å². The van der Waals surface area contributed by atoms with Gasteiger partial charge in [0.1, 0.15) is 5.75 Å². The molecular formula is C20H19NO6.